The molecule has 1 heterocycles. The number of nitrogens with one attached hydrogen (secondary N) is 1. The zero-order chi connectivity index (χ0) is 11.4. The SMILES string of the molecule is CC1CCC(NCCc2ncnn2C)CC1. The second kappa shape index (κ2) is 5.43. The highest BCUT2D eigenvalue weighted by atomic mass is 15.3. The Balaban J connectivity index is 1.67. The summed E-state index contributed by atoms with van der Waals surface area (Å²) >= 11 is 0. The van der Waals surface area contributed by atoms with Crippen LogP contribution in [0.25, 0.3) is 0 Å². The second-order valence-electron chi connectivity index (χ2n) is 4.96. The molecule has 4 nitrogen and oxygen atoms in total. The molecule has 16 heavy (non-hydrogen) atoms. The maximum Gasteiger partial charge on any atom is 0.138 e. The lowest BCUT2D eigenvalue weighted by molar-refractivity contribution is 0.308. The van der Waals surface area contributed by atoms with Gasteiger partial charge in [0.15, 0.2) is 0 Å². The van der Waals surface area contributed by atoms with Gasteiger partial charge in [-0.3, -0.25) is 4.68 Å². The highest BCUT2D eigenvalue weighted by molar-refractivity contribution is 4.85. The summed E-state index contributed by atoms with van der Waals surface area (Å²) in [7, 11) is 1.95. The minimum absolute atomic E-state index is 0.726. The molecule has 0 aliphatic heterocycles. The zero-order valence-electron chi connectivity index (χ0n) is 10.3. The van der Waals surface area contributed by atoms with Gasteiger partial charge >= 0.3 is 0 Å². The molecule has 1 aromatic heterocycles. The standard InChI is InChI=1S/C12H22N4/c1-10-3-5-11(6-4-10)13-8-7-12-14-9-15-16(12)2/h9-11,13H,3-8H2,1-2H3. The first-order chi connectivity index (χ1) is 7.75. The van der Waals surface area contributed by atoms with Gasteiger partial charge in [0, 0.05) is 26.1 Å². The Hall–Kier alpha value is -0.900. The molecule has 1 aliphatic carbocycles. The van der Waals surface area contributed by atoms with Crippen LogP contribution in [-0.2, 0) is 13.5 Å². The smallest absolute Gasteiger partial charge is 0.138 e. The second-order valence-corrected chi connectivity index (χ2v) is 4.96. The fourth-order valence-electron chi connectivity index (χ4n) is 2.40. The van der Waals surface area contributed by atoms with Crippen LogP contribution in [0.1, 0.15) is 38.4 Å². The molecule has 0 radical (unpaired) electrons. The molecule has 90 valence electrons. The van der Waals surface area contributed by atoms with Crippen molar-refractivity contribution in [1.29, 1.82) is 0 Å². The maximum atomic E-state index is 4.22. The first-order valence-electron chi connectivity index (χ1n) is 6.32. The van der Waals surface area contributed by atoms with E-state index in [1.165, 1.54) is 25.7 Å². The summed E-state index contributed by atoms with van der Waals surface area (Å²) in [6.45, 7) is 3.38. The normalized spacial score (nSPS) is 25.9. The molecule has 0 aromatic carbocycles. The molecule has 1 aliphatic rings. The van der Waals surface area contributed by atoms with Gasteiger partial charge in [0.05, 0.1) is 0 Å². The van der Waals surface area contributed by atoms with Crippen LogP contribution in [-0.4, -0.2) is 27.4 Å². The Bertz CT molecular complexity index is 313. The van der Waals surface area contributed by atoms with Crippen molar-refractivity contribution >= 4 is 0 Å². The van der Waals surface area contributed by atoms with Gasteiger partial charge in [0.2, 0.25) is 0 Å². The van der Waals surface area contributed by atoms with Crippen molar-refractivity contribution in [3.05, 3.63) is 12.2 Å². The molecule has 0 saturated heterocycles. The number of nitrogens with zero attached hydrogens (tertiary/aromatic N) is 3. The Morgan fingerprint density at radius 2 is 2.12 bits per heavy atom. The molecule has 0 bridgehead atoms. The van der Waals surface area contributed by atoms with Crippen molar-refractivity contribution in [2.24, 2.45) is 13.0 Å². The van der Waals surface area contributed by atoms with E-state index in [9.17, 15) is 0 Å². The monoisotopic (exact) mass is 222 g/mol. The van der Waals surface area contributed by atoms with E-state index in [4.69, 9.17) is 0 Å². The van der Waals surface area contributed by atoms with E-state index in [0.29, 0.717) is 0 Å². The first-order valence-corrected chi connectivity index (χ1v) is 6.32. The van der Waals surface area contributed by atoms with Gasteiger partial charge < -0.3 is 5.32 Å². The summed E-state index contributed by atoms with van der Waals surface area (Å²) in [5.74, 6) is 1.99. The average molecular weight is 222 g/mol. The third-order valence-electron chi connectivity index (χ3n) is 3.60. The molecule has 4 heteroatoms. The molecule has 0 atom stereocenters. The summed E-state index contributed by atoms with van der Waals surface area (Å²) in [5.41, 5.74) is 0. The van der Waals surface area contributed by atoms with Crippen LogP contribution >= 0.6 is 0 Å². The molecule has 0 unspecified atom stereocenters. The molecule has 2 rings (SSSR count). The van der Waals surface area contributed by atoms with Crippen LogP contribution in [0.3, 0.4) is 0 Å². The van der Waals surface area contributed by atoms with Gasteiger partial charge in [-0.2, -0.15) is 5.10 Å². The minimum atomic E-state index is 0.726. The largest absolute Gasteiger partial charge is 0.314 e. The summed E-state index contributed by atoms with van der Waals surface area (Å²) in [6.07, 6.45) is 8.02. The Labute approximate surface area is 97.5 Å². The van der Waals surface area contributed by atoms with Gasteiger partial charge in [-0.15, -0.1) is 0 Å². The number of aromatic nitrogens is 3. The molecular weight excluding hydrogens is 200 g/mol. The third kappa shape index (κ3) is 3.04. The van der Waals surface area contributed by atoms with Crippen molar-refractivity contribution in [2.75, 3.05) is 6.54 Å². The van der Waals surface area contributed by atoms with Crippen LogP contribution in [0, 0.1) is 5.92 Å². The van der Waals surface area contributed by atoms with Crippen molar-refractivity contribution in [3.63, 3.8) is 0 Å². The molecule has 0 amide bonds. The topological polar surface area (TPSA) is 42.7 Å². The summed E-state index contributed by atoms with van der Waals surface area (Å²) in [5, 5.41) is 7.70. The van der Waals surface area contributed by atoms with Crippen molar-refractivity contribution in [2.45, 2.75) is 45.1 Å². The van der Waals surface area contributed by atoms with E-state index < -0.39 is 0 Å². The van der Waals surface area contributed by atoms with E-state index in [1.807, 2.05) is 11.7 Å². The number of rotatable bonds is 4. The molecule has 1 fully saturated rings. The Morgan fingerprint density at radius 3 is 2.75 bits per heavy atom. The highest BCUT2D eigenvalue weighted by Crippen LogP contribution is 2.23. The van der Waals surface area contributed by atoms with Crippen molar-refractivity contribution in [1.82, 2.24) is 20.1 Å². The van der Waals surface area contributed by atoms with E-state index in [2.05, 4.69) is 22.3 Å². The van der Waals surface area contributed by atoms with Gasteiger partial charge in [0.1, 0.15) is 12.2 Å². The number of hydrogen-bond acceptors (Lipinski definition) is 3. The van der Waals surface area contributed by atoms with Crippen molar-refractivity contribution in [3.8, 4) is 0 Å². The van der Waals surface area contributed by atoms with Gasteiger partial charge in [0.25, 0.3) is 0 Å². The Morgan fingerprint density at radius 1 is 1.38 bits per heavy atom. The van der Waals surface area contributed by atoms with Crippen LogP contribution < -0.4 is 5.32 Å². The fourth-order valence-corrected chi connectivity index (χ4v) is 2.40. The predicted molar refractivity (Wildman–Crippen MR) is 64.1 cm³/mol. The average Bonchev–Trinajstić information content (AvgIpc) is 2.68. The maximum absolute atomic E-state index is 4.22. The third-order valence-corrected chi connectivity index (χ3v) is 3.60. The Kier molecular flexibility index (Phi) is 3.93. The predicted octanol–water partition coefficient (Wildman–Crippen LogP) is 1.53. The lowest BCUT2D eigenvalue weighted by Gasteiger charge is -2.26. The van der Waals surface area contributed by atoms with Crippen LogP contribution in [0.15, 0.2) is 6.33 Å². The van der Waals surface area contributed by atoms with E-state index in [1.54, 1.807) is 6.33 Å². The van der Waals surface area contributed by atoms with Crippen LogP contribution in [0.5, 0.6) is 0 Å². The first kappa shape index (κ1) is 11.6. The zero-order valence-corrected chi connectivity index (χ0v) is 10.3. The van der Waals surface area contributed by atoms with Crippen LogP contribution in [0.2, 0.25) is 0 Å². The number of hydrogen-bond donors (Lipinski definition) is 1. The molecular formula is C12H22N4. The summed E-state index contributed by atoms with van der Waals surface area (Å²) < 4.78 is 1.85. The molecule has 1 N–H and O–H groups in total. The lowest BCUT2D eigenvalue weighted by atomic mass is 9.87. The quantitative estimate of drug-likeness (QED) is 0.840. The van der Waals surface area contributed by atoms with Gasteiger partial charge in [-0.05, 0) is 31.6 Å². The van der Waals surface area contributed by atoms with Gasteiger partial charge in [-0.1, -0.05) is 6.92 Å². The lowest BCUT2D eigenvalue weighted by Crippen LogP contribution is -2.34. The van der Waals surface area contributed by atoms with E-state index in [0.717, 1.165) is 30.7 Å². The van der Waals surface area contributed by atoms with Gasteiger partial charge in [-0.25, -0.2) is 4.98 Å². The highest BCUT2D eigenvalue weighted by Gasteiger charge is 2.17. The van der Waals surface area contributed by atoms with Crippen molar-refractivity contribution < 1.29 is 0 Å². The molecule has 0 spiro atoms. The molecule has 1 saturated carbocycles. The van der Waals surface area contributed by atoms with E-state index in [-0.39, 0.29) is 0 Å². The van der Waals surface area contributed by atoms with E-state index >= 15 is 0 Å². The summed E-state index contributed by atoms with van der Waals surface area (Å²) in [6, 6.07) is 0.726. The molecule has 1 aromatic rings. The fraction of sp³-hybridized carbons (Fsp3) is 0.833. The number of aryl methyl sites for hydroxylation is 1. The summed E-state index contributed by atoms with van der Waals surface area (Å²) in [4.78, 5) is 4.22. The minimum Gasteiger partial charge on any atom is -0.314 e. The van der Waals surface area contributed by atoms with Crippen LogP contribution in [0.4, 0.5) is 0 Å².